The number of rotatable bonds is 7. The van der Waals surface area contributed by atoms with E-state index in [0.29, 0.717) is 32.7 Å². The summed E-state index contributed by atoms with van der Waals surface area (Å²) in [7, 11) is 0. The fourth-order valence-electron chi connectivity index (χ4n) is 3.76. The zero-order valence-corrected chi connectivity index (χ0v) is 22.4. The monoisotopic (exact) mass is 554 g/mol. The molecule has 0 saturated heterocycles. The van der Waals surface area contributed by atoms with E-state index in [1.807, 2.05) is 20.8 Å². The van der Waals surface area contributed by atoms with Gasteiger partial charge in [0.05, 0.1) is 0 Å². The molecule has 1 heterocycles. The van der Waals surface area contributed by atoms with Gasteiger partial charge >= 0.3 is 0 Å². The summed E-state index contributed by atoms with van der Waals surface area (Å²) in [6.07, 6.45) is 0. The van der Waals surface area contributed by atoms with Crippen molar-refractivity contribution in [2.75, 3.05) is 4.90 Å². The molecule has 0 bridgehead atoms. The normalized spacial score (nSPS) is 12.2. The van der Waals surface area contributed by atoms with E-state index in [-0.39, 0.29) is 6.54 Å². The SMILES string of the molecule is CC(C)(C)NC(=O)[C@H](c1ccc(F)cc1)N(C(=O)Cn1nnc(-c2ccc(Cl)cc2)n1)c1ccc(Cl)cc1. The van der Waals surface area contributed by atoms with Crippen LogP contribution in [-0.2, 0) is 16.1 Å². The third kappa shape index (κ3) is 6.73. The van der Waals surface area contributed by atoms with Crippen molar-refractivity contribution in [3.63, 3.8) is 0 Å². The summed E-state index contributed by atoms with van der Waals surface area (Å²) in [5.41, 5.74) is 0.919. The van der Waals surface area contributed by atoms with Gasteiger partial charge in [0.1, 0.15) is 18.4 Å². The molecule has 4 rings (SSSR count). The Hall–Kier alpha value is -3.82. The number of anilines is 1. The van der Waals surface area contributed by atoms with Gasteiger partial charge in [0, 0.05) is 26.8 Å². The summed E-state index contributed by atoms with van der Waals surface area (Å²) >= 11 is 12.1. The second kappa shape index (κ2) is 11.3. The summed E-state index contributed by atoms with van der Waals surface area (Å²) in [6, 6.07) is 17.7. The van der Waals surface area contributed by atoms with Crippen LogP contribution in [0.2, 0.25) is 10.0 Å². The maximum absolute atomic E-state index is 13.8. The first-order valence-corrected chi connectivity index (χ1v) is 12.4. The highest BCUT2D eigenvalue weighted by Crippen LogP contribution is 2.30. The van der Waals surface area contributed by atoms with E-state index in [2.05, 4.69) is 20.7 Å². The number of hydrogen-bond donors (Lipinski definition) is 1. The van der Waals surface area contributed by atoms with E-state index in [9.17, 15) is 14.0 Å². The average Bonchev–Trinajstić information content (AvgIpc) is 3.31. The van der Waals surface area contributed by atoms with Gasteiger partial charge < -0.3 is 5.32 Å². The predicted octanol–water partition coefficient (Wildman–Crippen LogP) is 5.48. The minimum absolute atomic E-state index is 0.313. The second-order valence-electron chi connectivity index (χ2n) is 9.58. The molecule has 0 aliphatic carbocycles. The summed E-state index contributed by atoms with van der Waals surface area (Å²) in [6.45, 7) is 5.18. The van der Waals surface area contributed by atoms with Crippen molar-refractivity contribution < 1.29 is 14.0 Å². The maximum atomic E-state index is 13.8. The molecule has 38 heavy (non-hydrogen) atoms. The van der Waals surface area contributed by atoms with Crippen molar-refractivity contribution in [1.29, 1.82) is 0 Å². The van der Waals surface area contributed by atoms with Crippen LogP contribution < -0.4 is 10.2 Å². The highest BCUT2D eigenvalue weighted by molar-refractivity contribution is 6.31. The molecule has 8 nitrogen and oxygen atoms in total. The fourth-order valence-corrected chi connectivity index (χ4v) is 4.01. The van der Waals surface area contributed by atoms with Crippen molar-refractivity contribution in [2.45, 2.75) is 38.9 Å². The van der Waals surface area contributed by atoms with Crippen LogP contribution in [0.1, 0.15) is 32.4 Å². The number of benzene rings is 3. The Morgan fingerprint density at radius 1 is 0.947 bits per heavy atom. The number of halogens is 3. The Balaban J connectivity index is 1.73. The first-order chi connectivity index (χ1) is 18.0. The molecule has 0 radical (unpaired) electrons. The highest BCUT2D eigenvalue weighted by atomic mass is 35.5. The second-order valence-corrected chi connectivity index (χ2v) is 10.5. The van der Waals surface area contributed by atoms with Gasteiger partial charge in [-0.15, -0.1) is 10.2 Å². The molecule has 0 unspecified atom stereocenters. The zero-order chi connectivity index (χ0) is 27.4. The van der Waals surface area contributed by atoms with Crippen molar-refractivity contribution in [2.24, 2.45) is 0 Å². The Morgan fingerprint density at radius 2 is 1.53 bits per heavy atom. The minimum Gasteiger partial charge on any atom is -0.349 e. The number of aromatic nitrogens is 4. The largest absolute Gasteiger partial charge is 0.349 e. The van der Waals surface area contributed by atoms with Crippen LogP contribution in [-0.4, -0.2) is 37.6 Å². The lowest BCUT2D eigenvalue weighted by Crippen LogP contribution is -2.50. The molecule has 4 aromatic rings. The van der Waals surface area contributed by atoms with Crippen LogP contribution in [0.3, 0.4) is 0 Å². The molecule has 1 aromatic heterocycles. The summed E-state index contributed by atoms with van der Waals surface area (Å²) in [5.74, 6) is -1.09. The first-order valence-electron chi connectivity index (χ1n) is 11.7. The Bertz CT molecular complexity index is 1420. The third-order valence-electron chi connectivity index (χ3n) is 5.40. The van der Waals surface area contributed by atoms with Gasteiger partial charge in [-0.25, -0.2) is 4.39 Å². The van der Waals surface area contributed by atoms with Crippen molar-refractivity contribution in [3.05, 3.63) is 94.2 Å². The number of carbonyl (C=O) groups excluding carboxylic acids is 2. The van der Waals surface area contributed by atoms with E-state index < -0.39 is 29.2 Å². The molecule has 196 valence electrons. The number of carbonyl (C=O) groups is 2. The molecule has 1 N–H and O–H groups in total. The van der Waals surface area contributed by atoms with E-state index in [1.165, 1.54) is 29.2 Å². The van der Waals surface area contributed by atoms with Gasteiger partial charge in [-0.2, -0.15) is 4.80 Å². The summed E-state index contributed by atoms with van der Waals surface area (Å²) in [5, 5.41) is 16.3. The number of amides is 2. The molecule has 0 fully saturated rings. The summed E-state index contributed by atoms with van der Waals surface area (Å²) in [4.78, 5) is 29.9. The standard InChI is InChI=1S/C27H25Cl2FN6O2/c1-27(2,3)31-26(38)24(17-6-12-21(30)13-7-17)36(22-14-10-20(29)11-15-22)23(37)16-35-33-25(32-34-35)18-4-8-19(28)9-5-18/h4-15,24H,16H2,1-3H3,(H,31,38)/t24-/m0/s1. The van der Waals surface area contributed by atoms with Crippen LogP contribution in [0.15, 0.2) is 72.8 Å². The molecule has 0 aliphatic heterocycles. The van der Waals surface area contributed by atoms with Crippen LogP contribution in [0, 0.1) is 5.82 Å². The lowest BCUT2D eigenvalue weighted by Gasteiger charge is -2.33. The molecule has 11 heteroatoms. The third-order valence-corrected chi connectivity index (χ3v) is 5.90. The molecule has 1 atom stereocenters. The number of nitrogens with one attached hydrogen (secondary N) is 1. The van der Waals surface area contributed by atoms with Crippen LogP contribution in [0.4, 0.5) is 10.1 Å². The molecule has 0 spiro atoms. The summed E-state index contributed by atoms with van der Waals surface area (Å²) < 4.78 is 13.8. The van der Waals surface area contributed by atoms with Crippen molar-refractivity contribution in [3.8, 4) is 11.4 Å². The van der Waals surface area contributed by atoms with Gasteiger partial charge in [0.15, 0.2) is 0 Å². The topological polar surface area (TPSA) is 93.0 Å². The quantitative estimate of drug-likeness (QED) is 0.326. The van der Waals surface area contributed by atoms with Gasteiger partial charge in [-0.3, -0.25) is 14.5 Å². The number of hydrogen-bond acceptors (Lipinski definition) is 5. The van der Waals surface area contributed by atoms with Crippen molar-refractivity contribution >= 4 is 40.7 Å². The number of nitrogens with zero attached hydrogens (tertiary/aromatic N) is 5. The molecular weight excluding hydrogens is 530 g/mol. The molecule has 2 amide bonds. The molecule has 0 aliphatic rings. The number of tetrazole rings is 1. The average molecular weight is 555 g/mol. The molecule has 3 aromatic carbocycles. The smallest absolute Gasteiger partial charge is 0.251 e. The molecule has 0 saturated carbocycles. The van der Waals surface area contributed by atoms with Crippen LogP contribution in [0.25, 0.3) is 11.4 Å². The van der Waals surface area contributed by atoms with E-state index in [0.717, 1.165) is 4.80 Å². The minimum atomic E-state index is -1.12. The van der Waals surface area contributed by atoms with E-state index in [1.54, 1.807) is 48.5 Å². The van der Waals surface area contributed by atoms with E-state index >= 15 is 0 Å². The lowest BCUT2D eigenvalue weighted by atomic mass is 10.0. The molecular formula is C27H25Cl2FN6O2. The Labute approximate surface area is 229 Å². The van der Waals surface area contributed by atoms with Gasteiger partial charge in [0.25, 0.3) is 5.91 Å². The maximum Gasteiger partial charge on any atom is 0.251 e. The van der Waals surface area contributed by atoms with Gasteiger partial charge in [-0.05, 0) is 92.2 Å². The van der Waals surface area contributed by atoms with Crippen molar-refractivity contribution in [1.82, 2.24) is 25.5 Å². The zero-order valence-electron chi connectivity index (χ0n) is 20.9. The lowest BCUT2D eigenvalue weighted by molar-refractivity contribution is -0.128. The van der Waals surface area contributed by atoms with Crippen LogP contribution >= 0.6 is 23.2 Å². The van der Waals surface area contributed by atoms with Gasteiger partial charge in [-0.1, -0.05) is 35.3 Å². The van der Waals surface area contributed by atoms with Crippen LogP contribution in [0.5, 0.6) is 0 Å². The van der Waals surface area contributed by atoms with E-state index in [4.69, 9.17) is 23.2 Å². The highest BCUT2D eigenvalue weighted by Gasteiger charge is 2.35. The fraction of sp³-hybridized carbons (Fsp3) is 0.222. The first kappa shape index (κ1) is 27.2. The predicted molar refractivity (Wildman–Crippen MR) is 144 cm³/mol. The Morgan fingerprint density at radius 3 is 2.11 bits per heavy atom. The Kier molecular flexibility index (Phi) is 8.08. The van der Waals surface area contributed by atoms with Gasteiger partial charge in [0.2, 0.25) is 11.7 Å².